The SMILES string of the molecule is C=C(/C=C1/C=C(C(C)(C)CN)NC1)[N+](=O)[O-]. The standard InChI is InChI=1S/C11H17N3O2/c1-8(14(15)16)4-9-5-10(13-6-9)11(2,3)7-12/h4-5,13H,1,6-7,12H2,2-3H3/b9-4-. The van der Waals surface area contributed by atoms with Crippen LogP contribution in [0.15, 0.2) is 35.7 Å². The molecule has 0 unspecified atom stereocenters. The predicted molar refractivity (Wildman–Crippen MR) is 63.1 cm³/mol. The first-order chi connectivity index (χ1) is 7.36. The number of hydrogen-bond donors (Lipinski definition) is 2. The van der Waals surface area contributed by atoms with Gasteiger partial charge in [0.1, 0.15) is 0 Å². The number of hydrogen-bond acceptors (Lipinski definition) is 4. The first kappa shape index (κ1) is 12.4. The van der Waals surface area contributed by atoms with Gasteiger partial charge in [0, 0.05) is 30.3 Å². The number of rotatable bonds is 4. The lowest BCUT2D eigenvalue weighted by Crippen LogP contribution is -2.31. The summed E-state index contributed by atoms with van der Waals surface area (Å²) in [5.41, 5.74) is 7.30. The molecule has 0 saturated carbocycles. The average Bonchev–Trinajstić information content (AvgIpc) is 2.66. The second-order valence-electron chi connectivity index (χ2n) is 4.47. The van der Waals surface area contributed by atoms with Crippen LogP contribution in [0.2, 0.25) is 0 Å². The number of nitrogens with two attached hydrogens (primary N) is 1. The Morgan fingerprint density at radius 1 is 1.81 bits per heavy atom. The maximum atomic E-state index is 10.4. The normalized spacial score (nSPS) is 18.2. The van der Waals surface area contributed by atoms with Crippen LogP contribution < -0.4 is 11.1 Å². The van der Waals surface area contributed by atoms with Crippen molar-refractivity contribution in [1.29, 1.82) is 0 Å². The Morgan fingerprint density at radius 2 is 2.44 bits per heavy atom. The van der Waals surface area contributed by atoms with Gasteiger partial charge < -0.3 is 11.1 Å². The summed E-state index contributed by atoms with van der Waals surface area (Å²) >= 11 is 0. The molecule has 3 N–H and O–H groups in total. The first-order valence-corrected chi connectivity index (χ1v) is 5.07. The maximum Gasteiger partial charge on any atom is 0.262 e. The summed E-state index contributed by atoms with van der Waals surface area (Å²) in [5, 5.41) is 13.6. The van der Waals surface area contributed by atoms with Gasteiger partial charge >= 0.3 is 0 Å². The van der Waals surface area contributed by atoms with Crippen LogP contribution in [0.4, 0.5) is 0 Å². The molecular weight excluding hydrogens is 206 g/mol. The summed E-state index contributed by atoms with van der Waals surface area (Å²) in [6.07, 6.45) is 3.38. The Hall–Kier alpha value is -1.62. The molecule has 0 radical (unpaired) electrons. The zero-order valence-electron chi connectivity index (χ0n) is 9.62. The largest absolute Gasteiger partial charge is 0.384 e. The highest BCUT2D eigenvalue weighted by molar-refractivity contribution is 5.36. The number of allylic oxidation sites excluding steroid dienone is 1. The van der Waals surface area contributed by atoms with Crippen molar-refractivity contribution in [2.75, 3.05) is 13.1 Å². The fourth-order valence-corrected chi connectivity index (χ4v) is 1.39. The minimum absolute atomic E-state index is 0.0974. The van der Waals surface area contributed by atoms with Crippen molar-refractivity contribution in [1.82, 2.24) is 5.32 Å². The van der Waals surface area contributed by atoms with Crippen LogP contribution in [-0.2, 0) is 0 Å². The van der Waals surface area contributed by atoms with Crippen LogP contribution in [0.25, 0.3) is 0 Å². The van der Waals surface area contributed by atoms with Crippen LogP contribution >= 0.6 is 0 Å². The van der Waals surface area contributed by atoms with Crippen molar-refractivity contribution in [3.63, 3.8) is 0 Å². The van der Waals surface area contributed by atoms with Gasteiger partial charge in [-0.25, -0.2) is 0 Å². The smallest absolute Gasteiger partial charge is 0.262 e. The van der Waals surface area contributed by atoms with E-state index >= 15 is 0 Å². The second kappa shape index (κ2) is 4.49. The molecule has 1 aliphatic rings. The minimum atomic E-state index is -0.493. The van der Waals surface area contributed by atoms with Gasteiger partial charge in [0.05, 0.1) is 4.92 Å². The maximum absolute atomic E-state index is 10.4. The van der Waals surface area contributed by atoms with Gasteiger partial charge in [0.2, 0.25) is 0 Å². The van der Waals surface area contributed by atoms with Gasteiger partial charge in [-0.2, -0.15) is 0 Å². The zero-order chi connectivity index (χ0) is 12.3. The molecule has 88 valence electrons. The van der Waals surface area contributed by atoms with Crippen LogP contribution in [0.5, 0.6) is 0 Å². The molecule has 5 nitrogen and oxygen atoms in total. The molecule has 0 aliphatic carbocycles. The Labute approximate surface area is 94.9 Å². The van der Waals surface area contributed by atoms with E-state index in [-0.39, 0.29) is 11.1 Å². The lowest BCUT2D eigenvalue weighted by molar-refractivity contribution is -0.418. The van der Waals surface area contributed by atoms with Gasteiger partial charge in [-0.1, -0.05) is 13.8 Å². The Bertz CT molecular complexity index is 381. The van der Waals surface area contributed by atoms with Crippen molar-refractivity contribution < 1.29 is 4.92 Å². The van der Waals surface area contributed by atoms with E-state index in [2.05, 4.69) is 11.9 Å². The molecule has 0 bridgehead atoms. The average molecular weight is 223 g/mol. The Morgan fingerprint density at radius 3 is 2.94 bits per heavy atom. The van der Waals surface area contributed by atoms with Crippen LogP contribution in [0.3, 0.4) is 0 Å². The lowest BCUT2D eigenvalue weighted by atomic mass is 9.89. The zero-order valence-corrected chi connectivity index (χ0v) is 9.62. The van der Waals surface area contributed by atoms with Gasteiger partial charge in [-0.3, -0.25) is 10.1 Å². The Kier molecular flexibility index (Phi) is 3.49. The molecule has 0 fully saturated rings. The van der Waals surface area contributed by atoms with E-state index < -0.39 is 4.92 Å². The topological polar surface area (TPSA) is 81.2 Å². The van der Waals surface area contributed by atoms with Crippen molar-refractivity contribution >= 4 is 0 Å². The molecule has 1 rings (SSSR count). The van der Waals surface area contributed by atoms with E-state index in [1.807, 2.05) is 19.9 Å². The van der Waals surface area contributed by atoms with Crippen molar-refractivity contribution in [2.24, 2.45) is 11.1 Å². The fraction of sp³-hybridized carbons (Fsp3) is 0.455. The number of nitrogens with one attached hydrogen (secondary N) is 1. The fourth-order valence-electron chi connectivity index (χ4n) is 1.39. The third-order valence-corrected chi connectivity index (χ3v) is 2.64. The highest BCUT2D eigenvalue weighted by Gasteiger charge is 2.25. The monoisotopic (exact) mass is 223 g/mol. The van der Waals surface area contributed by atoms with Gasteiger partial charge in [-0.15, -0.1) is 0 Å². The molecule has 0 aromatic carbocycles. The highest BCUT2D eigenvalue weighted by Crippen LogP contribution is 2.27. The quantitative estimate of drug-likeness (QED) is 0.554. The third-order valence-electron chi connectivity index (χ3n) is 2.64. The summed E-state index contributed by atoms with van der Waals surface area (Å²) in [6, 6.07) is 0. The lowest BCUT2D eigenvalue weighted by Gasteiger charge is -2.24. The van der Waals surface area contributed by atoms with E-state index in [1.165, 1.54) is 6.08 Å². The number of nitro groups is 1. The van der Waals surface area contributed by atoms with Crippen LogP contribution in [0.1, 0.15) is 13.8 Å². The number of nitrogens with zero attached hydrogens (tertiary/aromatic N) is 1. The summed E-state index contributed by atoms with van der Waals surface area (Å²) in [7, 11) is 0. The van der Waals surface area contributed by atoms with Crippen molar-refractivity contribution in [2.45, 2.75) is 13.8 Å². The van der Waals surface area contributed by atoms with Crippen LogP contribution in [-0.4, -0.2) is 18.0 Å². The van der Waals surface area contributed by atoms with Crippen molar-refractivity contribution in [3.8, 4) is 0 Å². The van der Waals surface area contributed by atoms with E-state index in [1.54, 1.807) is 0 Å². The van der Waals surface area contributed by atoms with Crippen molar-refractivity contribution in [3.05, 3.63) is 45.8 Å². The molecule has 0 aromatic rings. The van der Waals surface area contributed by atoms with Gasteiger partial charge in [0.25, 0.3) is 5.70 Å². The molecule has 0 amide bonds. The predicted octanol–water partition coefficient (Wildman–Crippen LogP) is 1.18. The molecule has 1 heterocycles. The summed E-state index contributed by atoms with van der Waals surface area (Å²) < 4.78 is 0. The van der Waals surface area contributed by atoms with Gasteiger partial charge in [0.15, 0.2) is 0 Å². The van der Waals surface area contributed by atoms with Gasteiger partial charge in [-0.05, 0) is 18.2 Å². The molecular formula is C11H17N3O2. The van der Waals surface area contributed by atoms with E-state index in [0.29, 0.717) is 13.1 Å². The summed E-state index contributed by atoms with van der Waals surface area (Å²) in [4.78, 5) is 9.93. The summed E-state index contributed by atoms with van der Waals surface area (Å²) in [5.74, 6) is 0. The van der Waals surface area contributed by atoms with Crippen LogP contribution in [0, 0.1) is 15.5 Å². The molecule has 0 spiro atoms. The Balaban J connectivity index is 2.84. The van der Waals surface area contributed by atoms with E-state index in [9.17, 15) is 10.1 Å². The second-order valence-corrected chi connectivity index (χ2v) is 4.47. The highest BCUT2D eigenvalue weighted by atomic mass is 16.6. The van der Waals surface area contributed by atoms with E-state index in [4.69, 9.17) is 5.73 Å². The summed E-state index contributed by atoms with van der Waals surface area (Å²) in [6.45, 7) is 8.53. The molecule has 1 aliphatic heterocycles. The molecule has 16 heavy (non-hydrogen) atoms. The third kappa shape index (κ3) is 2.70. The molecule has 0 aromatic heterocycles. The molecule has 5 heteroatoms. The minimum Gasteiger partial charge on any atom is -0.384 e. The molecule has 0 atom stereocenters. The first-order valence-electron chi connectivity index (χ1n) is 5.07. The van der Waals surface area contributed by atoms with E-state index in [0.717, 1.165) is 11.3 Å². The molecule has 0 saturated heterocycles.